The minimum absolute atomic E-state index is 0.193. The zero-order chi connectivity index (χ0) is 47.5. The molecule has 1 spiro atoms. The summed E-state index contributed by atoms with van der Waals surface area (Å²) in [6.45, 7) is 2.17. The van der Waals surface area contributed by atoms with Crippen LogP contribution in [-0.2, 0) is 18.3 Å². The molecule has 0 radical (unpaired) electrons. The normalized spacial score (nSPS) is 17.6. The minimum atomic E-state index is -0.193. The lowest BCUT2D eigenvalue weighted by molar-refractivity contribution is 0.350. The van der Waals surface area contributed by atoms with Crippen molar-refractivity contribution in [1.29, 1.82) is 0 Å². The van der Waals surface area contributed by atoms with Crippen LogP contribution in [0.3, 0.4) is 0 Å². The van der Waals surface area contributed by atoms with Gasteiger partial charge in [-0.25, -0.2) is 0 Å². The van der Waals surface area contributed by atoms with E-state index in [1.54, 1.807) is 0 Å². The molecule has 0 N–H and O–H groups in total. The Bertz CT molecular complexity index is 4070. The summed E-state index contributed by atoms with van der Waals surface area (Å²) in [5.41, 5.74) is 21.5. The van der Waals surface area contributed by atoms with E-state index < -0.39 is 0 Å². The van der Waals surface area contributed by atoms with E-state index in [-0.39, 0.29) is 5.41 Å². The summed E-state index contributed by atoms with van der Waals surface area (Å²) in [4.78, 5) is 5.18. The van der Waals surface area contributed by atoms with E-state index in [1.807, 2.05) is 0 Å². The first-order valence-electron chi connectivity index (χ1n) is 25.8. The van der Waals surface area contributed by atoms with Gasteiger partial charge >= 0.3 is 0 Å². The number of aromatic nitrogens is 2. The van der Waals surface area contributed by atoms with Gasteiger partial charge in [0, 0.05) is 61.1 Å². The Morgan fingerprint density at radius 3 is 1.26 bits per heavy atom. The maximum Gasteiger partial charge on any atom is 0.0561 e. The maximum absolute atomic E-state index is 2.59. The number of rotatable bonds is 8. The van der Waals surface area contributed by atoms with Gasteiger partial charge in [0.25, 0.3) is 0 Å². The standard InChI is InChI=1S/C68H52N4/c1-45-31-35-53(36-32-45)72-61-28-14-12-26-57(61)59-40-38-55(44-65(59)72)70(51-21-7-3-8-22-51)63-30-16-18-47-42-49-34-33-48-41-46-17-15-29-62(66(46)68(48,49)67(47)63)69(50-19-5-2-6-20-50)54-37-39-58-56-25-11-13-27-60(56)71(64(58)43-54)52-23-9-4-10-24-52/h2-32,35-40,43-44,48-49H,33-34,41-42H2,1H3. The first kappa shape index (κ1) is 41.2. The van der Waals surface area contributed by atoms with E-state index in [1.165, 1.54) is 101 Å². The van der Waals surface area contributed by atoms with Gasteiger partial charge in [-0.3, -0.25) is 0 Å². The minimum Gasteiger partial charge on any atom is -0.310 e. The van der Waals surface area contributed by atoms with Gasteiger partial charge in [-0.2, -0.15) is 0 Å². The molecular formula is C68H52N4. The lowest BCUT2D eigenvalue weighted by atomic mass is 9.68. The van der Waals surface area contributed by atoms with Crippen molar-refractivity contribution < 1.29 is 0 Å². The van der Waals surface area contributed by atoms with E-state index in [4.69, 9.17) is 0 Å². The van der Waals surface area contributed by atoms with Gasteiger partial charge in [0.2, 0.25) is 0 Å². The van der Waals surface area contributed by atoms with Crippen molar-refractivity contribution in [3.63, 3.8) is 0 Å². The van der Waals surface area contributed by atoms with Crippen molar-refractivity contribution in [3.8, 4) is 11.4 Å². The number of para-hydroxylation sites is 5. The number of hydrogen-bond donors (Lipinski definition) is 0. The zero-order valence-corrected chi connectivity index (χ0v) is 40.3. The molecule has 4 nitrogen and oxygen atoms in total. The van der Waals surface area contributed by atoms with Crippen LogP contribution in [0.1, 0.15) is 40.7 Å². The van der Waals surface area contributed by atoms with Crippen LogP contribution in [0.25, 0.3) is 55.0 Å². The molecule has 3 atom stereocenters. The van der Waals surface area contributed by atoms with Gasteiger partial charge in [0.1, 0.15) is 0 Å². The first-order valence-corrected chi connectivity index (χ1v) is 25.8. The van der Waals surface area contributed by atoms with E-state index in [2.05, 4.69) is 262 Å². The molecular weight excluding hydrogens is 873 g/mol. The lowest BCUT2D eigenvalue weighted by Gasteiger charge is -2.40. The predicted molar refractivity (Wildman–Crippen MR) is 300 cm³/mol. The third-order valence-corrected chi connectivity index (χ3v) is 16.8. The number of benzene rings is 10. The largest absolute Gasteiger partial charge is 0.310 e. The van der Waals surface area contributed by atoms with Crippen LogP contribution in [0.4, 0.5) is 34.1 Å². The van der Waals surface area contributed by atoms with Crippen molar-refractivity contribution in [1.82, 2.24) is 9.13 Å². The van der Waals surface area contributed by atoms with E-state index in [0.717, 1.165) is 41.3 Å². The number of aryl methyl sites for hydroxylation is 1. The summed E-state index contributed by atoms with van der Waals surface area (Å²) in [6, 6.07) is 88.6. The Morgan fingerprint density at radius 1 is 0.361 bits per heavy atom. The molecule has 3 aliphatic rings. The molecule has 12 aromatic rings. The smallest absolute Gasteiger partial charge is 0.0561 e. The highest BCUT2D eigenvalue weighted by molar-refractivity contribution is 6.12. The molecule has 2 heterocycles. The first-order chi connectivity index (χ1) is 35.6. The van der Waals surface area contributed by atoms with Crippen molar-refractivity contribution in [2.75, 3.05) is 9.80 Å². The summed E-state index contributed by atoms with van der Waals surface area (Å²) in [7, 11) is 0. The highest BCUT2D eigenvalue weighted by Gasteiger charge is 2.62. The van der Waals surface area contributed by atoms with Crippen LogP contribution < -0.4 is 9.80 Å². The molecule has 3 aliphatic carbocycles. The lowest BCUT2D eigenvalue weighted by Crippen LogP contribution is -2.34. The fourth-order valence-corrected chi connectivity index (χ4v) is 14.1. The van der Waals surface area contributed by atoms with Crippen LogP contribution in [0.2, 0.25) is 0 Å². The van der Waals surface area contributed by atoms with Gasteiger partial charge in [-0.15, -0.1) is 0 Å². The molecule has 10 aromatic carbocycles. The van der Waals surface area contributed by atoms with Crippen molar-refractivity contribution in [2.24, 2.45) is 11.8 Å². The number of anilines is 6. The SMILES string of the molecule is Cc1ccc(-n2c3ccccc3c3ccc(N(c4ccccc4)c4cccc5c4C46c7c(cccc7N(c7ccccc7)c7ccc8c9ccccc9n(-c9ccccc9)c8c7)CC4CCC6C5)cc32)cc1. The second-order valence-electron chi connectivity index (χ2n) is 20.5. The predicted octanol–water partition coefficient (Wildman–Crippen LogP) is 17.6. The summed E-state index contributed by atoms with van der Waals surface area (Å²) >= 11 is 0. The van der Waals surface area contributed by atoms with Crippen LogP contribution in [-0.4, -0.2) is 9.13 Å². The summed E-state index contributed by atoms with van der Waals surface area (Å²) in [6.07, 6.45) is 4.58. The zero-order valence-electron chi connectivity index (χ0n) is 40.3. The Labute approximate surface area is 420 Å². The third kappa shape index (κ3) is 5.93. The second kappa shape index (κ2) is 16.0. The van der Waals surface area contributed by atoms with E-state index in [0.29, 0.717) is 11.8 Å². The van der Waals surface area contributed by atoms with Gasteiger partial charge < -0.3 is 18.9 Å². The van der Waals surface area contributed by atoms with Gasteiger partial charge in [0.05, 0.1) is 33.4 Å². The molecule has 0 aliphatic heterocycles. The highest BCUT2D eigenvalue weighted by Crippen LogP contribution is 2.69. The van der Waals surface area contributed by atoms with Gasteiger partial charge in [-0.05, 0) is 164 Å². The number of hydrogen-bond acceptors (Lipinski definition) is 2. The van der Waals surface area contributed by atoms with Crippen LogP contribution in [0, 0.1) is 18.8 Å². The Hall–Kier alpha value is -8.60. The molecule has 15 rings (SSSR count). The second-order valence-corrected chi connectivity index (χ2v) is 20.5. The fraction of sp³-hybridized carbons (Fsp3) is 0.118. The number of nitrogens with zero attached hydrogens (tertiary/aromatic N) is 4. The molecule has 3 unspecified atom stereocenters. The summed E-state index contributed by atoms with van der Waals surface area (Å²) in [5, 5.41) is 5.04. The topological polar surface area (TPSA) is 16.3 Å². The van der Waals surface area contributed by atoms with Crippen LogP contribution in [0.15, 0.2) is 237 Å². The van der Waals surface area contributed by atoms with Crippen LogP contribution >= 0.6 is 0 Å². The van der Waals surface area contributed by atoms with E-state index in [9.17, 15) is 0 Å². The Kier molecular flexibility index (Phi) is 9.14. The third-order valence-electron chi connectivity index (χ3n) is 16.8. The quantitative estimate of drug-likeness (QED) is 0.151. The van der Waals surface area contributed by atoms with Crippen LogP contribution in [0.5, 0.6) is 0 Å². The van der Waals surface area contributed by atoms with Crippen molar-refractivity contribution >= 4 is 77.7 Å². The summed E-state index contributed by atoms with van der Waals surface area (Å²) in [5.74, 6) is 0.955. The fourth-order valence-electron chi connectivity index (χ4n) is 14.1. The van der Waals surface area contributed by atoms with Gasteiger partial charge in [0.15, 0.2) is 0 Å². The molecule has 2 aromatic heterocycles. The maximum atomic E-state index is 2.59. The average Bonchev–Trinajstić information content (AvgIpc) is 4.22. The highest BCUT2D eigenvalue weighted by atomic mass is 15.2. The average molecular weight is 925 g/mol. The Balaban J connectivity index is 0.965. The van der Waals surface area contributed by atoms with Crippen molar-refractivity contribution in [2.45, 2.75) is 38.0 Å². The molecule has 1 fully saturated rings. The number of fused-ring (bicyclic) bond motifs is 8. The van der Waals surface area contributed by atoms with Gasteiger partial charge in [-0.1, -0.05) is 145 Å². The van der Waals surface area contributed by atoms with Crippen molar-refractivity contribution in [3.05, 3.63) is 264 Å². The Morgan fingerprint density at radius 2 is 0.778 bits per heavy atom. The monoisotopic (exact) mass is 924 g/mol. The molecule has 0 saturated heterocycles. The molecule has 1 saturated carbocycles. The molecule has 4 heteroatoms. The van der Waals surface area contributed by atoms with E-state index >= 15 is 0 Å². The molecule has 72 heavy (non-hydrogen) atoms. The summed E-state index contributed by atoms with van der Waals surface area (Å²) < 4.78 is 4.91. The molecule has 344 valence electrons. The molecule has 0 bridgehead atoms. The molecule has 0 amide bonds.